The van der Waals surface area contributed by atoms with Crippen LogP contribution in [-0.2, 0) is 4.79 Å². The maximum Gasteiger partial charge on any atom is 0.221 e. The number of pyridine rings is 1. The molecular weight excluding hydrogens is 280 g/mol. The molecule has 1 amide bonds. The van der Waals surface area contributed by atoms with Crippen molar-refractivity contribution in [3.8, 4) is 11.3 Å². The third kappa shape index (κ3) is 2.35. The highest BCUT2D eigenvalue weighted by Gasteiger charge is 2.15. The summed E-state index contributed by atoms with van der Waals surface area (Å²) in [6.07, 6.45) is 0. The molecule has 3 aromatic rings. The number of imidazole rings is 1. The van der Waals surface area contributed by atoms with Gasteiger partial charge < -0.3 is 5.32 Å². The van der Waals surface area contributed by atoms with Crippen molar-refractivity contribution in [3.63, 3.8) is 0 Å². The Morgan fingerprint density at radius 1 is 1.18 bits per heavy atom. The average molecular weight is 294 g/mol. The molecule has 110 valence electrons. The molecule has 0 aliphatic rings. The quantitative estimate of drug-likeness (QED) is 0.749. The number of hydrogen-bond donors (Lipinski definition) is 1. The van der Waals surface area contributed by atoms with Gasteiger partial charge in [0.1, 0.15) is 11.3 Å². The molecule has 2 aromatic heterocycles. The van der Waals surface area contributed by atoms with Crippen molar-refractivity contribution in [1.82, 2.24) is 9.38 Å². The van der Waals surface area contributed by atoms with Crippen molar-refractivity contribution < 1.29 is 4.79 Å². The highest BCUT2D eigenvalue weighted by Crippen LogP contribution is 2.32. The maximum absolute atomic E-state index is 11.3. The second kappa shape index (κ2) is 5.40. The van der Waals surface area contributed by atoms with Crippen LogP contribution in [0.2, 0.25) is 0 Å². The molecule has 0 saturated carbocycles. The fourth-order valence-electron chi connectivity index (χ4n) is 2.43. The first-order valence-corrected chi connectivity index (χ1v) is 6.79. The Morgan fingerprint density at radius 2 is 1.91 bits per heavy atom. The SMILES string of the molecule is CC(=O)Nc1ccc(-c2nc3cccc(C)n3c2N=O)cc1. The summed E-state index contributed by atoms with van der Waals surface area (Å²) in [5.74, 6) is 0.145. The molecule has 6 heteroatoms. The van der Waals surface area contributed by atoms with Gasteiger partial charge in [-0.15, -0.1) is 4.91 Å². The van der Waals surface area contributed by atoms with E-state index >= 15 is 0 Å². The first kappa shape index (κ1) is 13.9. The minimum absolute atomic E-state index is 0.133. The largest absolute Gasteiger partial charge is 0.326 e. The first-order valence-electron chi connectivity index (χ1n) is 6.79. The van der Waals surface area contributed by atoms with Crippen LogP contribution in [-0.4, -0.2) is 15.3 Å². The van der Waals surface area contributed by atoms with Gasteiger partial charge in [0.05, 0.1) is 0 Å². The zero-order valence-electron chi connectivity index (χ0n) is 12.2. The van der Waals surface area contributed by atoms with E-state index in [2.05, 4.69) is 15.5 Å². The van der Waals surface area contributed by atoms with Gasteiger partial charge in [-0.05, 0) is 36.4 Å². The van der Waals surface area contributed by atoms with Crippen LogP contribution < -0.4 is 5.32 Å². The summed E-state index contributed by atoms with van der Waals surface area (Å²) in [6, 6.07) is 12.7. The standard InChI is InChI=1S/C16H14N4O2/c1-10-4-3-5-14-18-15(16(19-22)20(10)14)12-6-8-13(9-7-12)17-11(2)21/h3-9H,1-2H3,(H,17,21). The zero-order chi connectivity index (χ0) is 15.7. The molecule has 0 radical (unpaired) electrons. The lowest BCUT2D eigenvalue weighted by Gasteiger charge is -2.03. The third-order valence-corrected chi connectivity index (χ3v) is 3.38. The molecular formula is C16H14N4O2. The molecule has 0 spiro atoms. The summed E-state index contributed by atoms with van der Waals surface area (Å²) in [5, 5.41) is 5.85. The fraction of sp³-hybridized carbons (Fsp3) is 0.125. The molecule has 0 fully saturated rings. The van der Waals surface area contributed by atoms with Gasteiger partial charge in [0, 0.05) is 23.9 Å². The van der Waals surface area contributed by atoms with Gasteiger partial charge >= 0.3 is 0 Å². The van der Waals surface area contributed by atoms with Crippen molar-refractivity contribution >= 4 is 23.1 Å². The van der Waals surface area contributed by atoms with Crippen molar-refractivity contribution in [1.29, 1.82) is 0 Å². The number of nitrogens with one attached hydrogen (secondary N) is 1. The Kier molecular flexibility index (Phi) is 3.42. The number of rotatable bonds is 3. The van der Waals surface area contributed by atoms with Crippen molar-refractivity contribution in [2.75, 3.05) is 5.32 Å². The van der Waals surface area contributed by atoms with Crippen molar-refractivity contribution in [2.24, 2.45) is 5.18 Å². The highest BCUT2D eigenvalue weighted by molar-refractivity contribution is 5.89. The summed E-state index contributed by atoms with van der Waals surface area (Å²) < 4.78 is 1.73. The van der Waals surface area contributed by atoms with Crippen LogP contribution in [0.1, 0.15) is 12.6 Å². The molecule has 3 rings (SSSR count). The Hall–Kier alpha value is -3.02. The number of benzene rings is 1. The molecule has 22 heavy (non-hydrogen) atoms. The number of carbonyl (C=O) groups excluding carboxylic acids is 1. The number of hydrogen-bond acceptors (Lipinski definition) is 4. The lowest BCUT2D eigenvalue weighted by Crippen LogP contribution is -2.05. The van der Waals surface area contributed by atoms with E-state index in [1.165, 1.54) is 6.92 Å². The number of nitroso groups, excluding NO2 is 1. The summed E-state index contributed by atoms with van der Waals surface area (Å²) >= 11 is 0. The number of aromatic nitrogens is 2. The van der Waals surface area contributed by atoms with Crippen LogP contribution in [0.25, 0.3) is 16.9 Å². The second-order valence-corrected chi connectivity index (χ2v) is 4.99. The fourth-order valence-corrected chi connectivity index (χ4v) is 2.43. The van der Waals surface area contributed by atoms with Crippen molar-refractivity contribution in [2.45, 2.75) is 13.8 Å². The topological polar surface area (TPSA) is 75.8 Å². The van der Waals surface area contributed by atoms with E-state index in [0.717, 1.165) is 11.3 Å². The molecule has 0 bridgehead atoms. The van der Waals surface area contributed by atoms with Crippen LogP contribution in [0.15, 0.2) is 47.6 Å². The summed E-state index contributed by atoms with van der Waals surface area (Å²) in [5.41, 5.74) is 3.55. The van der Waals surface area contributed by atoms with E-state index in [1.807, 2.05) is 25.1 Å². The van der Waals surface area contributed by atoms with Gasteiger partial charge in [-0.2, -0.15) is 0 Å². The van der Waals surface area contributed by atoms with Crippen LogP contribution >= 0.6 is 0 Å². The number of aryl methyl sites for hydroxylation is 1. The van der Waals surface area contributed by atoms with Gasteiger partial charge in [0.15, 0.2) is 0 Å². The van der Waals surface area contributed by atoms with E-state index in [4.69, 9.17) is 0 Å². The Morgan fingerprint density at radius 3 is 2.55 bits per heavy atom. The van der Waals surface area contributed by atoms with E-state index in [0.29, 0.717) is 17.0 Å². The first-order chi connectivity index (χ1) is 10.6. The monoisotopic (exact) mass is 294 g/mol. The highest BCUT2D eigenvalue weighted by atomic mass is 16.3. The number of anilines is 1. The summed E-state index contributed by atoms with van der Waals surface area (Å²) in [4.78, 5) is 26.8. The molecule has 2 heterocycles. The van der Waals surface area contributed by atoms with Gasteiger partial charge in [-0.3, -0.25) is 9.20 Å². The number of amides is 1. The average Bonchev–Trinajstić information content (AvgIpc) is 2.87. The van der Waals surface area contributed by atoms with Gasteiger partial charge in [-0.1, -0.05) is 18.2 Å². The smallest absolute Gasteiger partial charge is 0.221 e. The molecule has 0 saturated heterocycles. The molecule has 1 aromatic carbocycles. The third-order valence-electron chi connectivity index (χ3n) is 3.38. The minimum atomic E-state index is -0.133. The lowest BCUT2D eigenvalue weighted by molar-refractivity contribution is -0.114. The van der Waals surface area contributed by atoms with Crippen LogP contribution in [0.5, 0.6) is 0 Å². The predicted octanol–water partition coefficient (Wildman–Crippen LogP) is 3.67. The van der Waals surface area contributed by atoms with Crippen LogP contribution in [0.3, 0.4) is 0 Å². The Labute approximate surface area is 126 Å². The van der Waals surface area contributed by atoms with E-state index < -0.39 is 0 Å². The van der Waals surface area contributed by atoms with Gasteiger partial charge in [0.2, 0.25) is 11.7 Å². The van der Waals surface area contributed by atoms with Gasteiger partial charge in [-0.25, -0.2) is 4.98 Å². The zero-order valence-corrected chi connectivity index (χ0v) is 12.2. The summed E-state index contributed by atoms with van der Waals surface area (Å²) in [6.45, 7) is 3.35. The number of nitrogens with zero attached hydrogens (tertiary/aromatic N) is 3. The number of fused-ring (bicyclic) bond motifs is 1. The molecule has 1 N–H and O–H groups in total. The molecule has 0 aliphatic carbocycles. The van der Waals surface area contributed by atoms with Crippen LogP contribution in [0.4, 0.5) is 11.5 Å². The van der Waals surface area contributed by atoms with Crippen molar-refractivity contribution in [3.05, 3.63) is 53.1 Å². The second-order valence-electron chi connectivity index (χ2n) is 4.99. The van der Waals surface area contributed by atoms with E-state index in [9.17, 15) is 9.70 Å². The maximum atomic E-state index is 11.3. The normalized spacial score (nSPS) is 10.6. The van der Waals surface area contributed by atoms with E-state index in [-0.39, 0.29) is 11.7 Å². The summed E-state index contributed by atoms with van der Waals surface area (Å²) in [7, 11) is 0. The molecule has 0 unspecified atom stereocenters. The predicted molar refractivity (Wildman–Crippen MR) is 85.1 cm³/mol. The number of carbonyl (C=O) groups is 1. The van der Waals surface area contributed by atoms with Gasteiger partial charge in [0.25, 0.3) is 0 Å². The minimum Gasteiger partial charge on any atom is -0.326 e. The van der Waals surface area contributed by atoms with E-state index in [1.54, 1.807) is 28.7 Å². The molecule has 0 aliphatic heterocycles. The molecule has 0 atom stereocenters. The Balaban J connectivity index is 2.12. The Bertz CT molecular complexity index is 866. The lowest BCUT2D eigenvalue weighted by atomic mass is 10.1. The molecule has 6 nitrogen and oxygen atoms in total. The van der Waals surface area contributed by atoms with Crippen LogP contribution in [0, 0.1) is 11.8 Å².